The highest BCUT2D eigenvalue weighted by molar-refractivity contribution is 7.47. The van der Waals surface area contributed by atoms with Crippen LogP contribution in [0.1, 0.15) is 356 Å². The molecule has 626 valence electrons. The van der Waals surface area contributed by atoms with Crippen molar-refractivity contribution >= 4 is 56.9 Å². The molecule has 0 aromatic carbocycles. The summed E-state index contributed by atoms with van der Waals surface area (Å²) in [6.45, 7) is 10.2. The normalized spacial score (nSPS) is 14.3. The van der Waals surface area contributed by atoms with Crippen molar-refractivity contribution in [3.63, 3.8) is 0 Å². The summed E-state index contributed by atoms with van der Waals surface area (Å²) in [5, 5.41) is 21.4. The Bertz CT molecular complexity index is 2370. The molecule has 0 saturated heterocycles. The number of unbranched alkanes of at least 4 members (excludes halogenated alkanes) is 30. The molecule has 0 fully saturated rings. The van der Waals surface area contributed by atoms with Crippen molar-refractivity contribution in [2.75, 3.05) is 65.9 Å². The predicted octanol–water partition coefficient (Wildman–Crippen LogP) is 17.6. The Labute approximate surface area is 646 Å². The largest absolute Gasteiger partial charge is 0.472 e. The van der Waals surface area contributed by atoms with E-state index in [0.717, 1.165) is 122 Å². The second-order valence-electron chi connectivity index (χ2n) is 28.7. The Morgan fingerprint density at radius 1 is 0.364 bits per heavy atom. The number of ketones is 2. The molecule has 0 rings (SSSR count). The Morgan fingerprint density at radius 3 is 1.14 bits per heavy atom. The average Bonchev–Trinajstić information content (AvgIpc) is 0.919. The van der Waals surface area contributed by atoms with Crippen LogP contribution in [0.3, 0.4) is 0 Å². The van der Waals surface area contributed by atoms with E-state index in [1.807, 2.05) is 0 Å². The van der Waals surface area contributed by atoms with Gasteiger partial charge in [-0.05, 0) is 89.9 Å². The van der Waals surface area contributed by atoms with E-state index in [2.05, 4.69) is 87.1 Å². The number of aliphatic hydroxyl groups is 1. The van der Waals surface area contributed by atoms with Gasteiger partial charge >= 0.3 is 27.6 Å². The van der Waals surface area contributed by atoms with Gasteiger partial charge in [-0.15, -0.1) is 0 Å². The van der Waals surface area contributed by atoms with Gasteiger partial charge in [-0.1, -0.05) is 233 Å². The van der Waals surface area contributed by atoms with Crippen molar-refractivity contribution < 1.29 is 94.6 Å². The number of rotatable bonds is 81. The smallest absolute Gasteiger partial charge is 0.462 e. The number of carbonyl (C=O) groups is 7. The summed E-state index contributed by atoms with van der Waals surface area (Å²) in [4.78, 5) is 112. The van der Waals surface area contributed by atoms with Crippen LogP contribution in [0.25, 0.3) is 0 Å². The maximum Gasteiger partial charge on any atom is 0.472 e. The first-order valence-corrected chi connectivity index (χ1v) is 45.1. The lowest BCUT2D eigenvalue weighted by Gasteiger charge is -2.24. The highest BCUT2D eigenvalue weighted by Crippen LogP contribution is 2.44. The van der Waals surface area contributed by atoms with E-state index in [-0.39, 0.29) is 82.0 Å². The van der Waals surface area contributed by atoms with Gasteiger partial charge in [-0.25, -0.2) is 9.13 Å². The number of ether oxygens (including phenoxy) is 4. The van der Waals surface area contributed by atoms with Crippen molar-refractivity contribution in [2.24, 2.45) is 0 Å². The summed E-state index contributed by atoms with van der Waals surface area (Å²) in [5.41, 5.74) is 0. The molecule has 0 aromatic rings. The maximum absolute atomic E-state index is 13.2. The zero-order chi connectivity index (χ0) is 79.0. The molecule has 0 aliphatic carbocycles. The molecular weight excluding hydrogens is 1410 g/mol. The van der Waals surface area contributed by atoms with Crippen LogP contribution in [0.2, 0.25) is 0 Å². The zero-order valence-corrected chi connectivity index (χ0v) is 69.4. The van der Waals surface area contributed by atoms with Crippen LogP contribution < -0.4 is 21.3 Å². The van der Waals surface area contributed by atoms with Gasteiger partial charge in [0.1, 0.15) is 36.4 Å². The minimum atomic E-state index is -4.82. The van der Waals surface area contributed by atoms with Crippen molar-refractivity contribution in [1.82, 2.24) is 21.3 Å². The second-order valence-corrected chi connectivity index (χ2v) is 31.6. The molecule has 0 radical (unpaired) electrons. The Balaban J connectivity index is 5.54. The molecule has 0 saturated carbocycles. The van der Waals surface area contributed by atoms with Crippen molar-refractivity contribution in [1.29, 1.82) is 0 Å². The summed E-state index contributed by atoms with van der Waals surface area (Å²) in [6.07, 6.45) is 48.2. The second kappa shape index (κ2) is 73.7. The molecule has 0 bridgehead atoms. The third-order valence-electron chi connectivity index (χ3n) is 18.2. The van der Waals surface area contributed by atoms with Gasteiger partial charge in [0, 0.05) is 58.0 Å². The van der Waals surface area contributed by atoms with Gasteiger partial charge in [0.05, 0.1) is 71.4 Å². The molecule has 0 aliphatic heterocycles. The minimum Gasteiger partial charge on any atom is -0.462 e. The van der Waals surface area contributed by atoms with Gasteiger partial charge in [0.15, 0.2) is 0 Å². The van der Waals surface area contributed by atoms with E-state index in [9.17, 15) is 57.6 Å². The molecule has 7 atom stereocenters. The molecule has 0 spiro atoms. The fourth-order valence-corrected chi connectivity index (χ4v) is 13.4. The van der Waals surface area contributed by atoms with Crippen LogP contribution in [0, 0.1) is 0 Å². The molecule has 107 heavy (non-hydrogen) atoms. The minimum absolute atomic E-state index is 0.120. The molecule has 0 heterocycles. The third-order valence-corrected chi connectivity index (χ3v) is 20.2. The number of Topliss-reactive ketones (excluding diaryl/α,β-unsaturated/α-hetero) is 2. The Morgan fingerprint density at radius 2 is 0.720 bits per heavy atom. The predicted molar refractivity (Wildman–Crippen MR) is 424 cm³/mol. The molecule has 7 N–H and O–H groups in total. The monoisotopic (exact) mass is 1560 g/mol. The van der Waals surface area contributed by atoms with Gasteiger partial charge in [-0.2, -0.15) is 0 Å². The first-order valence-electron chi connectivity index (χ1n) is 42.1. The van der Waals surface area contributed by atoms with E-state index in [1.165, 1.54) is 96.3 Å². The molecular formula is C81H152N4O20P2. The molecule has 3 amide bonds. The molecule has 0 aromatic heterocycles. The molecule has 0 aliphatic rings. The number of aliphatic hydroxyl groups excluding tert-OH is 1. The summed E-state index contributed by atoms with van der Waals surface area (Å²) in [5.74, 6) is -3.10. The molecule has 26 heteroatoms. The summed E-state index contributed by atoms with van der Waals surface area (Å²) in [7, 11) is -9.61. The van der Waals surface area contributed by atoms with Crippen molar-refractivity contribution in [3.8, 4) is 0 Å². The highest BCUT2D eigenvalue weighted by atomic mass is 31.2. The number of hydrogen-bond acceptors (Lipinski definition) is 19. The van der Waals surface area contributed by atoms with Crippen molar-refractivity contribution in [3.05, 3.63) is 24.3 Å². The number of allylic oxidation sites excluding steroid dienone is 4. The van der Waals surface area contributed by atoms with Crippen LogP contribution in [-0.2, 0) is 79.7 Å². The van der Waals surface area contributed by atoms with E-state index in [1.54, 1.807) is 0 Å². The summed E-state index contributed by atoms with van der Waals surface area (Å²) < 4.78 is 70.7. The lowest BCUT2D eigenvalue weighted by Crippen LogP contribution is -2.45. The van der Waals surface area contributed by atoms with E-state index in [0.29, 0.717) is 70.6 Å². The highest BCUT2D eigenvalue weighted by Gasteiger charge is 2.28. The Hall–Kier alpha value is -3.77. The van der Waals surface area contributed by atoms with Crippen LogP contribution in [0.15, 0.2) is 24.3 Å². The first kappa shape index (κ1) is 103. The lowest BCUT2D eigenvalue weighted by molar-refractivity contribution is -0.151. The number of hydrogen-bond donors (Lipinski definition) is 7. The third kappa shape index (κ3) is 71.0. The van der Waals surface area contributed by atoms with Crippen LogP contribution in [-0.4, -0.2) is 153 Å². The molecule has 7 unspecified atom stereocenters. The fourth-order valence-electron chi connectivity index (χ4n) is 11.9. The number of esters is 2. The average molecular weight is 1560 g/mol. The molecule has 24 nitrogen and oxygen atoms in total. The topological polar surface area (TPSA) is 336 Å². The van der Waals surface area contributed by atoms with Gasteiger partial charge in [-0.3, -0.25) is 57.0 Å². The number of amides is 3. The zero-order valence-electron chi connectivity index (χ0n) is 67.6. The fraction of sp³-hybridized carbons (Fsp3) is 0.864. The standard InChI is InChI=1S/C81H152N4O20P2/c1-7-13-19-23-27-31-35-39-45-49-72(86)63-78(90)84-70(66-98-59-55-74(51-43-17-11-5)104-80(92)53-47-41-37-33-29-25-21-15-9-3)68-102-106(94,95)100-61-57-82-76(88)65-77(89)83-58-62-101-107(96,97)103-69-71(85-79(91)64-73(87)50-46-40-36-32-28-24-20-14-8-2)67-99-60-56-75(52-44-18-12-6)105-81(93)54-48-42-38-34-30-26-22-16-10-4/h33-34,37-38,70-71,74-75,78,84,90H,7-32,35-36,39-69H2,1-6H3,(H,82,88)(H,83,89)(H,85,91)(H,94,95)(H,96,97)/b37-33-,38-34-. The number of phosphoric acid groups is 2. The number of nitrogens with one attached hydrogen (secondary N) is 4. The van der Waals surface area contributed by atoms with Crippen LogP contribution >= 0.6 is 15.6 Å². The summed E-state index contributed by atoms with van der Waals surface area (Å²) >= 11 is 0. The van der Waals surface area contributed by atoms with Gasteiger partial charge < -0.3 is 49.8 Å². The lowest BCUT2D eigenvalue weighted by atomic mass is 10.0. The van der Waals surface area contributed by atoms with Crippen LogP contribution in [0.5, 0.6) is 0 Å². The van der Waals surface area contributed by atoms with Gasteiger partial charge in [0.2, 0.25) is 17.7 Å². The summed E-state index contributed by atoms with van der Waals surface area (Å²) in [6, 6.07) is -1.90. The Kier molecular flexibility index (Phi) is 71.1. The number of phosphoric ester groups is 2. The van der Waals surface area contributed by atoms with Gasteiger partial charge in [0.25, 0.3) is 0 Å². The quantitative estimate of drug-likeness (QED) is 0.00743. The van der Waals surface area contributed by atoms with Crippen molar-refractivity contribution in [2.45, 2.75) is 387 Å². The van der Waals surface area contributed by atoms with Crippen LogP contribution in [0.4, 0.5) is 0 Å². The SMILES string of the molecule is CCCCCC/C=C\CCCC(=O)OC(CCCCC)CCOCC(COP(=O)(O)OCCNC(=O)CC(=O)NCCOP(=O)(O)OCC(COCCC(CCCCC)OC(=O)CCC/C=C\CCCCCC)NC(O)CC(=O)CCCCCCCCCCC)NC(=O)CC(=O)CCCCCCCCCCC. The number of carbonyl (C=O) groups excluding carboxylic acids is 7. The van der Waals surface area contributed by atoms with E-state index >= 15 is 0 Å². The first-order chi connectivity index (χ1) is 51.7. The maximum atomic E-state index is 13.2. The van der Waals surface area contributed by atoms with E-state index < -0.39 is 97.1 Å². The van der Waals surface area contributed by atoms with E-state index in [4.69, 9.17) is 37.0 Å².